The largest absolute Gasteiger partial charge is 0.478 e. The van der Waals surface area contributed by atoms with Gasteiger partial charge in [-0.2, -0.15) is 0 Å². The normalized spacial score (nSPS) is 17.9. The van der Waals surface area contributed by atoms with Crippen LogP contribution in [0.15, 0.2) is 0 Å². The fourth-order valence-electron chi connectivity index (χ4n) is 0.840. The van der Waals surface area contributed by atoms with Crippen LogP contribution in [0.1, 0.15) is 20.3 Å². The maximum absolute atomic E-state index is 13.4. The molecule has 0 aromatic heterocycles. The van der Waals surface area contributed by atoms with Crippen molar-refractivity contribution < 1.29 is 19.1 Å². The van der Waals surface area contributed by atoms with Gasteiger partial charge in [0.1, 0.15) is 0 Å². The molecule has 0 fully saturated rings. The summed E-state index contributed by atoms with van der Waals surface area (Å²) in [7, 11) is 0. The SMILES string of the molecule is CC[C@H](C)[C@@](F)(C(N)=O)C(=O)O. The Kier molecular flexibility index (Phi) is 3.18. The number of carboxylic acid groups (broad SMARTS) is 1. The summed E-state index contributed by atoms with van der Waals surface area (Å²) in [6.45, 7) is 2.92. The van der Waals surface area contributed by atoms with Gasteiger partial charge in [-0.3, -0.25) is 4.79 Å². The summed E-state index contributed by atoms with van der Waals surface area (Å²) in [4.78, 5) is 20.9. The minimum atomic E-state index is -2.94. The predicted molar refractivity (Wildman–Crippen MR) is 40.1 cm³/mol. The molecule has 3 N–H and O–H groups in total. The molecule has 5 heteroatoms. The van der Waals surface area contributed by atoms with Gasteiger partial charge >= 0.3 is 5.97 Å². The van der Waals surface area contributed by atoms with E-state index in [0.29, 0.717) is 0 Å². The second-order valence-electron chi connectivity index (χ2n) is 2.69. The summed E-state index contributed by atoms with van der Waals surface area (Å²) in [5.74, 6) is -4.17. The Balaban J connectivity index is 4.87. The number of hydrogen-bond donors (Lipinski definition) is 2. The number of hydrogen-bond acceptors (Lipinski definition) is 2. The number of carboxylic acids is 1. The van der Waals surface area contributed by atoms with Crippen molar-refractivity contribution in [2.24, 2.45) is 11.7 Å². The number of carbonyl (C=O) groups is 2. The molecule has 0 aliphatic heterocycles. The molecule has 0 saturated heterocycles. The number of carbonyl (C=O) groups excluding carboxylic acids is 1. The van der Waals surface area contributed by atoms with Crippen LogP contribution in [-0.4, -0.2) is 22.7 Å². The molecular formula is C7H12FNO3. The van der Waals surface area contributed by atoms with Gasteiger partial charge in [-0.25, -0.2) is 9.18 Å². The molecule has 0 heterocycles. The van der Waals surface area contributed by atoms with E-state index in [4.69, 9.17) is 5.11 Å². The number of primary amides is 1. The average Bonchev–Trinajstić information content (AvgIpc) is 2.00. The van der Waals surface area contributed by atoms with Crippen molar-refractivity contribution in [3.63, 3.8) is 0 Å². The van der Waals surface area contributed by atoms with E-state index < -0.39 is 23.5 Å². The lowest BCUT2D eigenvalue weighted by Gasteiger charge is -2.22. The first-order valence-electron chi connectivity index (χ1n) is 3.59. The van der Waals surface area contributed by atoms with Crippen molar-refractivity contribution in [3.8, 4) is 0 Å². The van der Waals surface area contributed by atoms with E-state index in [1.165, 1.54) is 6.92 Å². The lowest BCUT2D eigenvalue weighted by molar-refractivity contribution is -0.161. The molecule has 0 bridgehead atoms. The van der Waals surface area contributed by atoms with Gasteiger partial charge in [0, 0.05) is 5.92 Å². The van der Waals surface area contributed by atoms with Crippen LogP contribution < -0.4 is 5.73 Å². The zero-order valence-electron chi connectivity index (χ0n) is 7.00. The molecule has 0 rings (SSSR count). The second-order valence-corrected chi connectivity index (χ2v) is 2.69. The highest BCUT2D eigenvalue weighted by atomic mass is 19.1. The molecule has 0 radical (unpaired) electrons. The fraction of sp³-hybridized carbons (Fsp3) is 0.714. The van der Waals surface area contributed by atoms with Crippen LogP contribution in [0.25, 0.3) is 0 Å². The minimum Gasteiger partial charge on any atom is -0.478 e. The molecule has 0 aromatic rings. The van der Waals surface area contributed by atoms with E-state index in [2.05, 4.69) is 5.73 Å². The smallest absolute Gasteiger partial charge is 0.351 e. The van der Waals surface area contributed by atoms with Crippen molar-refractivity contribution in [3.05, 3.63) is 0 Å². The molecule has 1 amide bonds. The number of rotatable bonds is 4. The van der Waals surface area contributed by atoms with E-state index in [0.717, 1.165) is 0 Å². The number of nitrogens with two attached hydrogens (primary N) is 1. The van der Waals surface area contributed by atoms with Gasteiger partial charge in [0.05, 0.1) is 0 Å². The van der Waals surface area contributed by atoms with E-state index in [1.807, 2.05) is 0 Å². The molecule has 0 aliphatic carbocycles. The van der Waals surface area contributed by atoms with Gasteiger partial charge in [0.15, 0.2) is 0 Å². The molecule has 70 valence electrons. The topological polar surface area (TPSA) is 80.4 Å². The van der Waals surface area contributed by atoms with Crippen LogP contribution >= 0.6 is 0 Å². The number of amides is 1. The molecule has 0 aromatic carbocycles. The Hall–Kier alpha value is -1.13. The van der Waals surface area contributed by atoms with Crippen molar-refractivity contribution >= 4 is 11.9 Å². The molecule has 0 saturated carbocycles. The van der Waals surface area contributed by atoms with Crippen LogP contribution in [0.5, 0.6) is 0 Å². The maximum Gasteiger partial charge on any atom is 0.351 e. The summed E-state index contributed by atoms with van der Waals surface area (Å²) in [5.41, 5.74) is 1.72. The van der Waals surface area contributed by atoms with Crippen molar-refractivity contribution in [2.45, 2.75) is 25.9 Å². The van der Waals surface area contributed by atoms with Crippen molar-refractivity contribution in [2.75, 3.05) is 0 Å². The van der Waals surface area contributed by atoms with Gasteiger partial charge in [-0.1, -0.05) is 13.8 Å². The van der Waals surface area contributed by atoms with E-state index in [-0.39, 0.29) is 6.42 Å². The monoisotopic (exact) mass is 177 g/mol. The Morgan fingerprint density at radius 3 is 2.17 bits per heavy atom. The van der Waals surface area contributed by atoms with E-state index in [1.54, 1.807) is 6.92 Å². The van der Waals surface area contributed by atoms with Crippen LogP contribution in [0.3, 0.4) is 0 Å². The van der Waals surface area contributed by atoms with Crippen molar-refractivity contribution in [1.82, 2.24) is 0 Å². The van der Waals surface area contributed by atoms with Crippen LogP contribution in [0.2, 0.25) is 0 Å². The lowest BCUT2D eigenvalue weighted by atomic mass is 9.88. The molecule has 0 aliphatic rings. The minimum absolute atomic E-state index is 0.242. The van der Waals surface area contributed by atoms with Crippen LogP contribution in [0.4, 0.5) is 4.39 Å². The highest BCUT2D eigenvalue weighted by molar-refractivity contribution is 6.04. The number of halogens is 1. The van der Waals surface area contributed by atoms with E-state index >= 15 is 0 Å². The molecule has 0 unspecified atom stereocenters. The zero-order valence-corrected chi connectivity index (χ0v) is 7.00. The van der Waals surface area contributed by atoms with Crippen LogP contribution in [-0.2, 0) is 9.59 Å². The summed E-state index contributed by atoms with van der Waals surface area (Å²) in [5, 5.41) is 8.43. The average molecular weight is 177 g/mol. The van der Waals surface area contributed by atoms with Gasteiger partial charge in [-0.05, 0) is 6.42 Å². The molecule has 12 heavy (non-hydrogen) atoms. The molecule has 0 spiro atoms. The molecular weight excluding hydrogens is 165 g/mol. The third-order valence-electron chi connectivity index (χ3n) is 1.96. The third-order valence-corrected chi connectivity index (χ3v) is 1.96. The first-order chi connectivity index (χ1) is 5.37. The second kappa shape index (κ2) is 3.51. The molecule has 4 nitrogen and oxygen atoms in total. The Bertz CT molecular complexity index is 191. The van der Waals surface area contributed by atoms with Crippen LogP contribution in [0, 0.1) is 5.92 Å². The molecule has 2 atom stereocenters. The third kappa shape index (κ3) is 1.54. The summed E-state index contributed by atoms with van der Waals surface area (Å²) < 4.78 is 13.4. The lowest BCUT2D eigenvalue weighted by Crippen LogP contribution is -2.51. The number of aliphatic carboxylic acids is 1. The fourth-order valence-corrected chi connectivity index (χ4v) is 0.840. The first-order valence-corrected chi connectivity index (χ1v) is 3.59. The maximum atomic E-state index is 13.4. The summed E-state index contributed by atoms with van der Waals surface area (Å²) in [6, 6.07) is 0. The summed E-state index contributed by atoms with van der Waals surface area (Å²) in [6.07, 6.45) is 0.242. The van der Waals surface area contributed by atoms with Gasteiger partial charge in [-0.15, -0.1) is 0 Å². The predicted octanol–water partition coefficient (Wildman–Crippen LogP) is 0.311. The van der Waals surface area contributed by atoms with E-state index in [9.17, 15) is 14.0 Å². The first kappa shape index (κ1) is 10.9. The quantitative estimate of drug-likeness (QED) is 0.606. The Labute approximate surface area is 69.6 Å². The zero-order chi connectivity index (χ0) is 9.94. The highest BCUT2D eigenvalue weighted by Gasteiger charge is 2.49. The van der Waals surface area contributed by atoms with Crippen molar-refractivity contribution in [1.29, 1.82) is 0 Å². The summed E-state index contributed by atoms with van der Waals surface area (Å²) >= 11 is 0. The highest BCUT2D eigenvalue weighted by Crippen LogP contribution is 2.25. The van der Waals surface area contributed by atoms with Gasteiger partial charge < -0.3 is 10.8 Å². The Morgan fingerprint density at radius 2 is 2.08 bits per heavy atom. The number of alkyl halides is 1. The van der Waals surface area contributed by atoms with Gasteiger partial charge in [0.2, 0.25) is 0 Å². The van der Waals surface area contributed by atoms with Gasteiger partial charge in [0.25, 0.3) is 11.6 Å². The standard InChI is InChI=1S/C7H12FNO3/c1-3-4(2)7(8,5(9)10)6(11)12/h4H,3H2,1-2H3,(H2,9,10)(H,11,12)/t4-,7+/m0/s1. The Morgan fingerprint density at radius 1 is 1.67 bits per heavy atom.